The van der Waals surface area contributed by atoms with E-state index in [-0.39, 0.29) is 11.8 Å². The second-order valence-electron chi connectivity index (χ2n) is 5.97. The molecule has 0 aliphatic heterocycles. The number of hydrogen-bond donors (Lipinski definition) is 3. The van der Waals surface area contributed by atoms with Crippen LogP contribution >= 0.6 is 24.4 Å². The van der Waals surface area contributed by atoms with E-state index in [4.69, 9.17) is 0 Å². The van der Waals surface area contributed by atoms with Crippen molar-refractivity contribution in [2.45, 2.75) is 18.2 Å². The second-order valence-corrected chi connectivity index (χ2v) is 7.36. The first-order valence-corrected chi connectivity index (χ1v) is 10.2. The van der Waals surface area contributed by atoms with Crippen LogP contribution in [0.3, 0.4) is 0 Å². The molecule has 2 rings (SSSR count). The molecule has 2 aromatic rings. The topological polar surface area (TPSA) is 66.4 Å². The summed E-state index contributed by atoms with van der Waals surface area (Å²) in [5, 5.41) is 12.1. The van der Waals surface area contributed by atoms with Crippen LogP contribution in [-0.4, -0.2) is 34.5 Å². The summed E-state index contributed by atoms with van der Waals surface area (Å²) in [6, 6.07) is 18.6. The number of hydrogen-bond acceptors (Lipinski definition) is 4. The van der Waals surface area contributed by atoms with Crippen molar-refractivity contribution in [3.8, 4) is 0 Å². The third kappa shape index (κ3) is 6.77. The Balaban J connectivity index is 1.88. The van der Waals surface area contributed by atoms with Gasteiger partial charge < -0.3 is 10.4 Å². The Labute approximate surface area is 163 Å². The SMILES string of the molecule is O=C(N[C@@H](CSCc1ccccc1)C(=O)O)[C@@H](CS)Cc1ccccc1. The van der Waals surface area contributed by atoms with E-state index in [1.54, 1.807) is 0 Å². The normalized spacial score (nSPS) is 13.0. The molecule has 0 aliphatic rings. The predicted molar refractivity (Wildman–Crippen MR) is 110 cm³/mol. The Morgan fingerprint density at radius 3 is 2.12 bits per heavy atom. The van der Waals surface area contributed by atoms with Gasteiger partial charge in [-0.1, -0.05) is 60.7 Å². The van der Waals surface area contributed by atoms with E-state index in [0.29, 0.717) is 23.7 Å². The van der Waals surface area contributed by atoms with Gasteiger partial charge in [0.05, 0.1) is 5.92 Å². The number of thioether (sulfide) groups is 1. The van der Waals surface area contributed by atoms with E-state index in [9.17, 15) is 14.7 Å². The van der Waals surface area contributed by atoms with Gasteiger partial charge in [0.15, 0.2) is 0 Å². The Bertz CT molecular complexity index is 695. The van der Waals surface area contributed by atoms with Crippen molar-refractivity contribution in [3.63, 3.8) is 0 Å². The number of carbonyl (C=O) groups excluding carboxylic acids is 1. The summed E-state index contributed by atoms with van der Waals surface area (Å²) < 4.78 is 0. The van der Waals surface area contributed by atoms with Crippen LogP contribution in [0.5, 0.6) is 0 Å². The molecule has 0 unspecified atom stereocenters. The molecule has 138 valence electrons. The zero-order valence-electron chi connectivity index (χ0n) is 14.4. The van der Waals surface area contributed by atoms with Crippen molar-refractivity contribution < 1.29 is 14.7 Å². The molecule has 1 amide bonds. The second kappa shape index (κ2) is 10.9. The number of rotatable bonds is 10. The third-order valence-corrected chi connectivity index (χ3v) is 5.47. The maximum absolute atomic E-state index is 12.5. The van der Waals surface area contributed by atoms with Gasteiger partial charge in [-0.25, -0.2) is 4.79 Å². The van der Waals surface area contributed by atoms with Crippen molar-refractivity contribution in [3.05, 3.63) is 71.8 Å². The molecule has 0 saturated carbocycles. The molecule has 0 radical (unpaired) electrons. The Morgan fingerprint density at radius 2 is 1.58 bits per heavy atom. The largest absolute Gasteiger partial charge is 0.480 e. The first kappa shape index (κ1) is 20.4. The minimum absolute atomic E-state index is 0.267. The van der Waals surface area contributed by atoms with Crippen LogP contribution in [0, 0.1) is 5.92 Å². The molecule has 2 atom stereocenters. The fourth-order valence-electron chi connectivity index (χ4n) is 2.47. The van der Waals surface area contributed by atoms with E-state index in [2.05, 4.69) is 17.9 Å². The molecular formula is C20H23NO3S2. The fourth-order valence-corrected chi connectivity index (χ4v) is 3.77. The number of aliphatic carboxylic acids is 1. The Kier molecular flexibility index (Phi) is 8.58. The zero-order valence-corrected chi connectivity index (χ0v) is 16.1. The average molecular weight is 390 g/mol. The number of benzene rings is 2. The molecule has 4 nitrogen and oxygen atoms in total. The summed E-state index contributed by atoms with van der Waals surface area (Å²) in [7, 11) is 0. The maximum atomic E-state index is 12.5. The lowest BCUT2D eigenvalue weighted by atomic mass is 10.00. The lowest BCUT2D eigenvalue weighted by Crippen LogP contribution is -2.46. The highest BCUT2D eigenvalue weighted by molar-refractivity contribution is 7.98. The van der Waals surface area contributed by atoms with E-state index in [1.165, 1.54) is 11.8 Å². The lowest BCUT2D eigenvalue weighted by molar-refractivity contribution is -0.141. The lowest BCUT2D eigenvalue weighted by Gasteiger charge is -2.19. The van der Waals surface area contributed by atoms with Gasteiger partial charge in [0.2, 0.25) is 5.91 Å². The van der Waals surface area contributed by atoms with Gasteiger partial charge in [-0.2, -0.15) is 24.4 Å². The van der Waals surface area contributed by atoms with Crippen LogP contribution < -0.4 is 5.32 Å². The number of amides is 1. The van der Waals surface area contributed by atoms with Crippen molar-refractivity contribution >= 4 is 36.3 Å². The van der Waals surface area contributed by atoms with Crippen molar-refractivity contribution in [1.29, 1.82) is 0 Å². The third-order valence-electron chi connectivity index (χ3n) is 3.93. The van der Waals surface area contributed by atoms with Gasteiger partial charge in [0.1, 0.15) is 6.04 Å². The van der Waals surface area contributed by atoms with E-state index in [0.717, 1.165) is 11.1 Å². The molecule has 2 N–H and O–H groups in total. The number of thiol groups is 1. The first-order valence-electron chi connectivity index (χ1n) is 8.39. The zero-order chi connectivity index (χ0) is 18.8. The molecule has 0 heterocycles. The summed E-state index contributed by atoms with van der Waals surface area (Å²) in [5.41, 5.74) is 2.16. The van der Waals surface area contributed by atoms with Crippen molar-refractivity contribution in [1.82, 2.24) is 5.32 Å². The Morgan fingerprint density at radius 1 is 1.00 bits per heavy atom. The maximum Gasteiger partial charge on any atom is 0.327 e. The molecule has 0 bridgehead atoms. The van der Waals surface area contributed by atoms with Crippen LogP contribution in [0.25, 0.3) is 0 Å². The fraction of sp³-hybridized carbons (Fsp3) is 0.300. The minimum Gasteiger partial charge on any atom is -0.480 e. The highest BCUT2D eigenvalue weighted by atomic mass is 32.2. The molecule has 0 aromatic heterocycles. The highest BCUT2D eigenvalue weighted by Gasteiger charge is 2.24. The van der Waals surface area contributed by atoms with Gasteiger partial charge in [-0.3, -0.25) is 4.79 Å². The quantitative estimate of drug-likeness (QED) is 0.546. The van der Waals surface area contributed by atoms with Crippen molar-refractivity contribution in [2.24, 2.45) is 5.92 Å². The molecule has 26 heavy (non-hydrogen) atoms. The highest BCUT2D eigenvalue weighted by Crippen LogP contribution is 2.15. The van der Waals surface area contributed by atoms with E-state index in [1.807, 2.05) is 60.7 Å². The van der Waals surface area contributed by atoms with Crippen LogP contribution in [0.15, 0.2) is 60.7 Å². The molecule has 2 aromatic carbocycles. The van der Waals surface area contributed by atoms with Gasteiger partial charge in [0, 0.05) is 17.3 Å². The number of nitrogens with one attached hydrogen (secondary N) is 1. The van der Waals surface area contributed by atoms with Crippen LogP contribution in [-0.2, 0) is 21.8 Å². The predicted octanol–water partition coefficient (Wildman–Crippen LogP) is 3.28. The van der Waals surface area contributed by atoms with Crippen LogP contribution in [0.1, 0.15) is 11.1 Å². The monoisotopic (exact) mass is 389 g/mol. The number of carboxylic acids is 1. The number of carbonyl (C=O) groups is 2. The molecule has 6 heteroatoms. The summed E-state index contributed by atoms with van der Waals surface area (Å²) in [6.07, 6.45) is 0.541. The molecule has 0 fully saturated rings. The van der Waals surface area contributed by atoms with E-state index >= 15 is 0 Å². The molecular weight excluding hydrogens is 366 g/mol. The van der Waals surface area contributed by atoms with Gasteiger partial charge in [-0.05, 0) is 17.5 Å². The van der Waals surface area contributed by atoms with Gasteiger partial charge in [0.25, 0.3) is 0 Å². The Hall–Kier alpha value is -1.92. The van der Waals surface area contributed by atoms with Crippen molar-refractivity contribution in [2.75, 3.05) is 11.5 Å². The van der Waals surface area contributed by atoms with Gasteiger partial charge >= 0.3 is 5.97 Å². The van der Waals surface area contributed by atoms with Crippen LogP contribution in [0.4, 0.5) is 0 Å². The average Bonchev–Trinajstić information content (AvgIpc) is 2.66. The summed E-state index contributed by atoms with van der Waals surface area (Å²) in [4.78, 5) is 24.0. The molecule has 0 saturated heterocycles. The standard InChI is InChI=1S/C20H23NO3S2/c22-19(17(12-25)11-15-7-3-1-4-8-15)21-18(20(23)24)14-26-13-16-9-5-2-6-10-16/h1-10,17-18,25H,11-14H2,(H,21,22)(H,23,24)/t17-,18+/m1/s1. The van der Waals surface area contributed by atoms with Crippen LogP contribution in [0.2, 0.25) is 0 Å². The summed E-state index contributed by atoms with van der Waals surface area (Å²) in [6.45, 7) is 0. The molecule has 0 aliphatic carbocycles. The number of carboxylic acid groups (broad SMARTS) is 1. The van der Waals surface area contributed by atoms with Gasteiger partial charge in [-0.15, -0.1) is 0 Å². The summed E-state index contributed by atoms with van der Waals surface area (Å²) in [5.74, 6) is -0.250. The molecule has 0 spiro atoms. The first-order chi connectivity index (χ1) is 12.6. The minimum atomic E-state index is -1.02. The smallest absolute Gasteiger partial charge is 0.327 e. The van der Waals surface area contributed by atoms with E-state index < -0.39 is 12.0 Å². The summed E-state index contributed by atoms with van der Waals surface area (Å²) >= 11 is 5.76.